The van der Waals surface area contributed by atoms with E-state index in [0.29, 0.717) is 3.82 Å². The fraction of sp³-hybridized carbons (Fsp3) is 1.00. The largest absolute Gasteiger partial charge is 0.471 e. The maximum Gasteiger partial charge on any atom is 0.471 e. The molecule has 2 nitrogen and oxygen atoms in total. The zero-order valence-electron chi connectivity index (χ0n) is 11.9. The molecule has 1 saturated heterocycles. The van der Waals surface area contributed by atoms with E-state index in [0.717, 1.165) is 0 Å². The van der Waals surface area contributed by atoms with Gasteiger partial charge in [0, 0.05) is 3.82 Å². The van der Waals surface area contributed by atoms with Gasteiger partial charge < -0.3 is 9.31 Å². The summed E-state index contributed by atoms with van der Waals surface area (Å²) >= 11 is 2.48. The first kappa shape index (κ1) is 15.8. The van der Waals surface area contributed by atoms with Gasteiger partial charge in [0.05, 0.1) is 11.2 Å². The molecule has 0 bridgehead atoms. The Morgan fingerprint density at radius 2 is 1.53 bits per heavy atom. The summed E-state index contributed by atoms with van der Waals surface area (Å²) in [6, 6.07) is 0. The van der Waals surface area contributed by atoms with Crippen LogP contribution < -0.4 is 0 Å². The van der Waals surface area contributed by atoms with Crippen molar-refractivity contribution in [3.05, 3.63) is 0 Å². The molecule has 1 aliphatic rings. The van der Waals surface area contributed by atoms with Crippen molar-refractivity contribution >= 4 is 29.7 Å². The Kier molecular flexibility index (Phi) is 5.79. The van der Waals surface area contributed by atoms with E-state index in [1.54, 1.807) is 0 Å². The van der Waals surface area contributed by atoms with Crippen LogP contribution in [-0.4, -0.2) is 22.1 Å². The normalized spacial score (nSPS) is 24.0. The van der Waals surface area contributed by atoms with Crippen LogP contribution in [0.15, 0.2) is 0 Å². The molecule has 4 heteroatoms. The molecule has 100 valence electrons. The fourth-order valence-electron chi connectivity index (χ4n) is 1.94. The van der Waals surface area contributed by atoms with Gasteiger partial charge in [0.25, 0.3) is 0 Å². The SMILES string of the molecule is CCCCCCC(I)B1OC(C)(C)C(C)(C)O1. The van der Waals surface area contributed by atoms with Gasteiger partial charge in [-0.2, -0.15) is 0 Å². The van der Waals surface area contributed by atoms with Crippen molar-refractivity contribution in [2.75, 3.05) is 0 Å². The number of alkyl halides is 1. The number of rotatable bonds is 6. The highest BCUT2D eigenvalue weighted by Gasteiger charge is 2.53. The lowest BCUT2D eigenvalue weighted by molar-refractivity contribution is 0.00578. The Hall–Kier alpha value is 0.715. The van der Waals surface area contributed by atoms with Crippen LogP contribution in [-0.2, 0) is 9.31 Å². The summed E-state index contributed by atoms with van der Waals surface area (Å²) in [5.74, 6) is 0. The molecule has 1 fully saturated rings. The molecule has 0 aromatic heterocycles. The molecule has 0 amide bonds. The Bertz CT molecular complexity index is 228. The van der Waals surface area contributed by atoms with Crippen molar-refractivity contribution in [3.63, 3.8) is 0 Å². The van der Waals surface area contributed by atoms with E-state index in [4.69, 9.17) is 9.31 Å². The van der Waals surface area contributed by atoms with Gasteiger partial charge in [-0.3, -0.25) is 0 Å². The molecule has 0 saturated carbocycles. The van der Waals surface area contributed by atoms with Gasteiger partial charge in [-0.1, -0.05) is 55.2 Å². The second kappa shape index (κ2) is 6.24. The van der Waals surface area contributed by atoms with E-state index in [1.165, 1.54) is 32.1 Å². The highest BCUT2D eigenvalue weighted by Crippen LogP contribution is 2.39. The molecule has 1 unspecified atom stereocenters. The Balaban J connectivity index is 2.37. The third-order valence-corrected chi connectivity index (χ3v) is 5.11. The number of hydrogen-bond donors (Lipinski definition) is 0. The molecule has 1 heterocycles. The van der Waals surface area contributed by atoms with Gasteiger partial charge in [-0.25, -0.2) is 0 Å². The predicted octanol–water partition coefficient (Wildman–Crippen LogP) is 4.39. The van der Waals surface area contributed by atoms with E-state index in [1.807, 2.05) is 0 Å². The molecule has 0 aliphatic carbocycles. The summed E-state index contributed by atoms with van der Waals surface area (Å²) in [6.45, 7) is 10.7. The van der Waals surface area contributed by atoms with Crippen LogP contribution in [0, 0.1) is 0 Å². The zero-order chi connectivity index (χ0) is 13.1. The topological polar surface area (TPSA) is 18.5 Å². The number of unbranched alkanes of at least 4 members (excludes halogenated alkanes) is 3. The summed E-state index contributed by atoms with van der Waals surface area (Å²) in [5, 5.41) is 0. The van der Waals surface area contributed by atoms with Crippen LogP contribution in [0.3, 0.4) is 0 Å². The van der Waals surface area contributed by atoms with Crippen molar-refractivity contribution in [1.29, 1.82) is 0 Å². The molecular formula is C13H26BIO2. The summed E-state index contributed by atoms with van der Waals surface area (Å²) in [4.78, 5) is 0. The average Bonchev–Trinajstić information content (AvgIpc) is 2.43. The van der Waals surface area contributed by atoms with Gasteiger partial charge in [0.2, 0.25) is 0 Å². The summed E-state index contributed by atoms with van der Waals surface area (Å²) < 4.78 is 12.6. The van der Waals surface area contributed by atoms with Crippen LogP contribution in [0.4, 0.5) is 0 Å². The van der Waals surface area contributed by atoms with Crippen molar-refractivity contribution in [2.24, 2.45) is 0 Å². The highest BCUT2D eigenvalue weighted by molar-refractivity contribution is 14.1. The lowest BCUT2D eigenvalue weighted by atomic mass is 9.82. The standard InChI is InChI=1S/C13H26BIO2/c1-6-7-8-9-10-11(15)14-16-12(2,3)13(4,5)17-14/h11H,6-10H2,1-5H3. The fourth-order valence-corrected chi connectivity index (χ4v) is 2.67. The van der Waals surface area contributed by atoms with Gasteiger partial charge in [-0.05, 0) is 34.1 Å². The van der Waals surface area contributed by atoms with Crippen LogP contribution >= 0.6 is 22.6 Å². The molecule has 0 aromatic rings. The van der Waals surface area contributed by atoms with Crippen molar-refractivity contribution < 1.29 is 9.31 Å². The molecule has 0 N–H and O–H groups in total. The van der Waals surface area contributed by atoms with Crippen molar-refractivity contribution in [3.8, 4) is 0 Å². The first-order valence-corrected chi connectivity index (χ1v) is 8.04. The molecule has 1 atom stereocenters. The second-order valence-corrected chi connectivity index (χ2v) is 7.59. The van der Waals surface area contributed by atoms with Gasteiger partial charge >= 0.3 is 7.12 Å². The Morgan fingerprint density at radius 1 is 1.00 bits per heavy atom. The molecule has 1 rings (SSSR count). The first-order valence-electron chi connectivity index (χ1n) is 6.80. The van der Waals surface area contributed by atoms with Gasteiger partial charge in [-0.15, -0.1) is 0 Å². The summed E-state index contributed by atoms with van der Waals surface area (Å²) in [5.41, 5.74) is -0.380. The van der Waals surface area contributed by atoms with E-state index in [2.05, 4.69) is 57.2 Å². The molecule has 0 spiro atoms. The lowest BCUT2D eigenvalue weighted by Crippen LogP contribution is -2.41. The van der Waals surface area contributed by atoms with Crippen LogP contribution in [0.2, 0.25) is 0 Å². The van der Waals surface area contributed by atoms with Gasteiger partial charge in [0.15, 0.2) is 0 Å². The maximum atomic E-state index is 6.05. The van der Waals surface area contributed by atoms with Crippen LogP contribution in [0.1, 0.15) is 66.7 Å². The predicted molar refractivity (Wildman–Crippen MR) is 82.6 cm³/mol. The van der Waals surface area contributed by atoms with E-state index < -0.39 is 0 Å². The molecule has 0 aromatic carbocycles. The highest BCUT2D eigenvalue weighted by atomic mass is 127. The van der Waals surface area contributed by atoms with Gasteiger partial charge in [0.1, 0.15) is 0 Å². The smallest absolute Gasteiger partial charge is 0.403 e. The second-order valence-electron chi connectivity index (χ2n) is 5.99. The third kappa shape index (κ3) is 4.10. The summed E-state index contributed by atoms with van der Waals surface area (Å²) in [7, 11) is -0.0396. The monoisotopic (exact) mass is 352 g/mol. The Morgan fingerprint density at radius 3 is 2.00 bits per heavy atom. The van der Waals surface area contributed by atoms with Crippen LogP contribution in [0.25, 0.3) is 0 Å². The first-order chi connectivity index (χ1) is 7.80. The lowest BCUT2D eigenvalue weighted by Gasteiger charge is -2.32. The van der Waals surface area contributed by atoms with Crippen LogP contribution in [0.5, 0.6) is 0 Å². The Labute approximate surface area is 120 Å². The van der Waals surface area contributed by atoms with E-state index in [9.17, 15) is 0 Å². The van der Waals surface area contributed by atoms with Crippen molar-refractivity contribution in [1.82, 2.24) is 0 Å². The minimum atomic E-state index is -0.190. The zero-order valence-corrected chi connectivity index (χ0v) is 14.0. The quantitative estimate of drug-likeness (QED) is 0.306. The van der Waals surface area contributed by atoms with E-state index >= 15 is 0 Å². The number of hydrogen-bond acceptors (Lipinski definition) is 2. The molecule has 1 aliphatic heterocycles. The molecule has 0 radical (unpaired) electrons. The molecule has 17 heavy (non-hydrogen) atoms. The third-order valence-electron chi connectivity index (χ3n) is 3.90. The minimum absolute atomic E-state index is 0.0396. The summed E-state index contributed by atoms with van der Waals surface area (Å²) in [6.07, 6.45) is 6.44. The average molecular weight is 352 g/mol. The minimum Gasteiger partial charge on any atom is -0.403 e. The number of halogens is 1. The van der Waals surface area contributed by atoms with Crippen molar-refractivity contribution in [2.45, 2.75) is 81.7 Å². The van der Waals surface area contributed by atoms with E-state index in [-0.39, 0.29) is 18.3 Å². The molecular weight excluding hydrogens is 326 g/mol. The maximum absolute atomic E-state index is 6.05.